The maximum Gasteiger partial charge on any atom is 0.494 e. The average Bonchev–Trinajstić information content (AvgIpc) is 2.57. The van der Waals surface area contributed by atoms with Crippen molar-refractivity contribution in [3.8, 4) is 0 Å². The summed E-state index contributed by atoms with van der Waals surface area (Å²) >= 11 is 0. The average molecular weight is 292 g/mol. The van der Waals surface area contributed by atoms with Crippen LogP contribution in [0.1, 0.15) is 51.9 Å². The minimum atomic E-state index is -0.618. The molecule has 0 saturated carbocycles. The zero-order chi connectivity index (χ0) is 16.0. The third-order valence-electron chi connectivity index (χ3n) is 4.31. The van der Waals surface area contributed by atoms with Gasteiger partial charge in [-0.2, -0.15) is 0 Å². The molecule has 1 aromatic carbocycles. The Kier molecular flexibility index (Phi) is 4.02. The fourth-order valence-electron chi connectivity index (χ4n) is 2.17. The van der Waals surface area contributed by atoms with Crippen molar-refractivity contribution in [3.63, 3.8) is 0 Å². The van der Waals surface area contributed by atoms with Crippen LogP contribution in [-0.4, -0.2) is 24.1 Å². The van der Waals surface area contributed by atoms with E-state index in [0.29, 0.717) is 5.46 Å². The monoisotopic (exact) mass is 292 g/mol. The van der Waals surface area contributed by atoms with Crippen molar-refractivity contribution in [2.24, 2.45) is 5.92 Å². The number of ketones is 1. The standard InChI is InChI=1S/C16H22BFO3/c1-10(2)14(19)12-8-7-11(9-13(12)18)17-20-15(3,4)16(5,6)21-17/h7-10H,1-6H3. The van der Waals surface area contributed by atoms with E-state index in [1.165, 1.54) is 12.1 Å². The second kappa shape index (κ2) is 5.22. The molecule has 1 fully saturated rings. The Bertz CT molecular complexity index is 551. The van der Waals surface area contributed by atoms with Crippen LogP contribution in [0, 0.1) is 11.7 Å². The summed E-state index contributed by atoms with van der Waals surface area (Å²) in [6.45, 7) is 11.3. The largest absolute Gasteiger partial charge is 0.494 e. The van der Waals surface area contributed by atoms with Crippen molar-refractivity contribution in [2.75, 3.05) is 0 Å². The fourth-order valence-corrected chi connectivity index (χ4v) is 2.17. The minimum absolute atomic E-state index is 0.116. The summed E-state index contributed by atoms with van der Waals surface area (Å²) in [5.41, 5.74) is -0.238. The predicted molar refractivity (Wildman–Crippen MR) is 81.3 cm³/mol. The third-order valence-corrected chi connectivity index (χ3v) is 4.31. The smallest absolute Gasteiger partial charge is 0.399 e. The molecular weight excluding hydrogens is 270 g/mol. The van der Waals surface area contributed by atoms with Gasteiger partial charge in [0.2, 0.25) is 0 Å². The van der Waals surface area contributed by atoms with Gasteiger partial charge in [-0.15, -0.1) is 0 Å². The first-order chi connectivity index (χ1) is 9.55. The summed E-state index contributed by atoms with van der Waals surface area (Å²) in [6, 6.07) is 4.54. The molecule has 0 aliphatic carbocycles. The number of benzene rings is 1. The summed E-state index contributed by atoms with van der Waals surface area (Å²) in [7, 11) is -0.618. The van der Waals surface area contributed by atoms with Crippen molar-refractivity contribution in [1.82, 2.24) is 0 Å². The van der Waals surface area contributed by atoms with E-state index >= 15 is 0 Å². The molecule has 0 bridgehead atoms. The van der Waals surface area contributed by atoms with Crippen molar-refractivity contribution >= 4 is 18.4 Å². The number of hydrogen-bond acceptors (Lipinski definition) is 3. The second-order valence-corrected chi connectivity index (χ2v) is 6.85. The highest BCUT2D eigenvalue weighted by atomic mass is 19.1. The van der Waals surface area contributed by atoms with E-state index in [1.54, 1.807) is 19.9 Å². The molecule has 3 nitrogen and oxygen atoms in total. The van der Waals surface area contributed by atoms with Crippen molar-refractivity contribution in [3.05, 3.63) is 29.6 Å². The maximum atomic E-state index is 14.2. The second-order valence-electron chi connectivity index (χ2n) is 6.85. The maximum absolute atomic E-state index is 14.2. The predicted octanol–water partition coefficient (Wildman–Crippen LogP) is 2.96. The molecule has 0 aromatic heterocycles. The molecule has 0 spiro atoms. The lowest BCUT2D eigenvalue weighted by Crippen LogP contribution is -2.41. The molecule has 0 N–H and O–H groups in total. The molecule has 114 valence electrons. The van der Waals surface area contributed by atoms with E-state index in [2.05, 4.69) is 0 Å². The molecule has 21 heavy (non-hydrogen) atoms. The highest BCUT2D eigenvalue weighted by molar-refractivity contribution is 6.62. The minimum Gasteiger partial charge on any atom is -0.399 e. The van der Waals surface area contributed by atoms with Gasteiger partial charge in [0.05, 0.1) is 16.8 Å². The van der Waals surface area contributed by atoms with Gasteiger partial charge in [0.15, 0.2) is 5.78 Å². The Morgan fingerprint density at radius 2 is 1.67 bits per heavy atom. The molecule has 0 radical (unpaired) electrons. The first-order valence-corrected chi connectivity index (χ1v) is 7.24. The molecule has 1 saturated heterocycles. The van der Waals surface area contributed by atoms with Crippen LogP contribution in [0.25, 0.3) is 0 Å². The van der Waals surface area contributed by atoms with Gasteiger partial charge in [-0.1, -0.05) is 19.9 Å². The fraction of sp³-hybridized carbons (Fsp3) is 0.562. The zero-order valence-electron chi connectivity index (χ0n) is 13.5. The van der Waals surface area contributed by atoms with Gasteiger partial charge in [-0.3, -0.25) is 4.79 Å². The summed E-state index contributed by atoms with van der Waals surface area (Å²) in [6.07, 6.45) is 0. The summed E-state index contributed by atoms with van der Waals surface area (Å²) < 4.78 is 25.9. The van der Waals surface area contributed by atoms with E-state index in [0.717, 1.165) is 0 Å². The van der Waals surface area contributed by atoms with Crippen LogP contribution in [0.5, 0.6) is 0 Å². The van der Waals surface area contributed by atoms with E-state index in [9.17, 15) is 9.18 Å². The lowest BCUT2D eigenvalue weighted by atomic mass is 9.78. The molecule has 1 aromatic rings. The number of rotatable bonds is 3. The van der Waals surface area contributed by atoms with Gasteiger partial charge in [-0.05, 0) is 45.3 Å². The van der Waals surface area contributed by atoms with Gasteiger partial charge >= 0.3 is 7.12 Å². The lowest BCUT2D eigenvalue weighted by molar-refractivity contribution is 0.00578. The molecule has 1 heterocycles. The van der Waals surface area contributed by atoms with Crippen molar-refractivity contribution < 1.29 is 18.5 Å². The molecule has 1 aliphatic rings. The number of Topliss-reactive ketones (excluding diaryl/α,β-unsaturated/α-hetero) is 1. The van der Waals surface area contributed by atoms with Crippen molar-refractivity contribution in [1.29, 1.82) is 0 Å². The van der Waals surface area contributed by atoms with Crippen molar-refractivity contribution in [2.45, 2.75) is 52.7 Å². The normalized spacial score (nSPS) is 20.1. The van der Waals surface area contributed by atoms with E-state index in [-0.39, 0.29) is 17.3 Å². The molecule has 2 rings (SSSR count). The quantitative estimate of drug-likeness (QED) is 0.634. The molecule has 0 atom stereocenters. The lowest BCUT2D eigenvalue weighted by Gasteiger charge is -2.32. The Balaban J connectivity index is 2.28. The van der Waals surface area contributed by atoms with E-state index in [4.69, 9.17) is 9.31 Å². The summed E-state index contributed by atoms with van der Waals surface area (Å²) in [5, 5.41) is 0. The van der Waals surface area contributed by atoms with E-state index < -0.39 is 24.1 Å². The highest BCUT2D eigenvalue weighted by Gasteiger charge is 2.51. The SMILES string of the molecule is CC(C)C(=O)c1ccc(B2OC(C)(C)C(C)(C)O2)cc1F. The number of halogens is 1. The Hall–Kier alpha value is -1.20. The molecule has 0 amide bonds. The Morgan fingerprint density at radius 3 is 2.10 bits per heavy atom. The summed E-state index contributed by atoms with van der Waals surface area (Å²) in [4.78, 5) is 11.9. The molecular formula is C16H22BFO3. The first kappa shape index (κ1) is 16.2. The van der Waals surface area contributed by atoms with Gasteiger partial charge < -0.3 is 9.31 Å². The number of carbonyl (C=O) groups is 1. The molecule has 5 heteroatoms. The Morgan fingerprint density at radius 1 is 1.14 bits per heavy atom. The Labute approximate surface area is 126 Å². The first-order valence-electron chi connectivity index (χ1n) is 7.24. The van der Waals surface area contributed by atoms with Gasteiger partial charge in [0, 0.05) is 5.92 Å². The number of hydrogen-bond donors (Lipinski definition) is 0. The molecule has 0 unspecified atom stereocenters. The van der Waals surface area contributed by atoms with Crippen LogP contribution in [0.4, 0.5) is 4.39 Å². The number of carbonyl (C=O) groups excluding carboxylic acids is 1. The molecule has 1 aliphatic heterocycles. The van der Waals surface area contributed by atoms with Gasteiger partial charge in [0.25, 0.3) is 0 Å². The summed E-state index contributed by atoms with van der Waals surface area (Å²) in [5.74, 6) is -0.962. The van der Waals surface area contributed by atoms with Crippen LogP contribution in [0.2, 0.25) is 0 Å². The van der Waals surface area contributed by atoms with Crippen LogP contribution >= 0.6 is 0 Å². The third kappa shape index (κ3) is 2.90. The van der Waals surface area contributed by atoms with E-state index in [1.807, 2.05) is 27.7 Å². The van der Waals surface area contributed by atoms with Crippen LogP contribution < -0.4 is 5.46 Å². The van der Waals surface area contributed by atoms with Crippen LogP contribution in [0.15, 0.2) is 18.2 Å². The zero-order valence-corrected chi connectivity index (χ0v) is 13.5. The topological polar surface area (TPSA) is 35.5 Å². The highest BCUT2D eigenvalue weighted by Crippen LogP contribution is 2.36. The van der Waals surface area contributed by atoms with Crippen LogP contribution in [0.3, 0.4) is 0 Å². The van der Waals surface area contributed by atoms with Gasteiger partial charge in [0.1, 0.15) is 5.82 Å². The van der Waals surface area contributed by atoms with Gasteiger partial charge in [-0.25, -0.2) is 4.39 Å². The van der Waals surface area contributed by atoms with Crippen LogP contribution in [-0.2, 0) is 9.31 Å².